The van der Waals surface area contributed by atoms with Crippen LogP contribution in [0.15, 0.2) is 18.7 Å². The Labute approximate surface area is 91.1 Å². The molecule has 1 amide bonds. The lowest BCUT2D eigenvalue weighted by Crippen LogP contribution is -2.35. The van der Waals surface area contributed by atoms with Crippen LogP contribution in [0, 0.1) is 5.92 Å². The number of carbonyl (C=O) groups excluding carboxylic acids is 1. The van der Waals surface area contributed by atoms with E-state index in [1.165, 1.54) is 0 Å². The van der Waals surface area contributed by atoms with Gasteiger partial charge in [-0.05, 0) is 5.92 Å². The fraction of sp³-hybridized carbons (Fsp3) is 0.636. The molecule has 1 atom stereocenters. The zero-order chi connectivity index (χ0) is 11.4. The van der Waals surface area contributed by atoms with Crippen molar-refractivity contribution in [2.45, 2.75) is 20.3 Å². The molecule has 1 heterocycles. The van der Waals surface area contributed by atoms with Gasteiger partial charge in [0.05, 0.1) is 7.05 Å². The molecule has 0 saturated carbocycles. The highest BCUT2D eigenvalue weighted by molar-refractivity contribution is 5.76. The SMILES string of the molecule is CCC(C)CN(C)C(=O)n1cc[n+](C)c1. The molecule has 0 aliphatic carbocycles. The summed E-state index contributed by atoms with van der Waals surface area (Å²) < 4.78 is 3.46. The Bertz CT molecular complexity index is 332. The molecule has 1 aromatic heterocycles. The van der Waals surface area contributed by atoms with Gasteiger partial charge in [-0.2, -0.15) is 4.57 Å². The lowest BCUT2D eigenvalue weighted by Gasteiger charge is -2.17. The van der Waals surface area contributed by atoms with Gasteiger partial charge in [0.2, 0.25) is 0 Å². The van der Waals surface area contributed by atoms with E-state index in [4.69, 9.17) is 0 Å². The van der Waals surface area contributed by atoms with Crippen molar-refractivity contribution in [3.8, 4) is 0 Å². The first-order valence-electron chi connectivity index (χ1n) is 5.33. The number of hydrogen-bond donors (Lipinski definition) is 0. The van der Waals surface area contributed by atoms with E-state index < -0.39 is 0 Å². The van der Waals surface area contributed by atoms with Crippen molar-refractivity contribution in [1.29, 1.82) is 0 Å². The first-order chi connectivity index (χ1) is 7.04. The Morgan fingerprint density at radius 1 is 1.60 bits per heavy atom. The van der Waals surface area contributed by atoms with Crippen molar-refractivity contribution in [2.75, 3.05) is 13.6 Å². The number of carbonyl (C=O) groups is 1. The van der Waals surface area contributed by atoms with Gasteiger partial charge in [0.1, 0.15) is 12.4 Å². The number of hydrogen-bond acceptors (Lipinski definition) is 1. The molecule has 0 N–H and O–H groups in total. The maximum Gasteiger partial charge on any atom is 0.415 e. The van der Waals surface area contributed by atoms with Crippen molar-refractivity contribution in [2.24, 2.45) is 13.0 Å². The van der Waals surface area contributed by atoms with Gasteiger partial charge < -0.3 is 4.90 Å². The Morgan fingerprint density at radius 3 is 2.73 bits per heavy atom. The van der Waals surface area contributed by atoms with E-state index in [0.29, 0.717) is 5.92 Å². The van der Waals surface area contributed by atoms with Gasteiger partial charge in [-0.15, -0.1) is 0 Å². The molecule has 1 aromatic rings. The summed E-state index contributed by atoms with van der Waals surface area (Å²) in [6.07, 6.45) is 6.50. The van der Waals surface area contributed by atoms with Crippen molar-refractivity contribution >= 4 is 6.03 Å². The van der Waals surface area contributed by atoms with Gasteiger partial charge in [-0.3, -0.25) is 0 Å². The largest absolute Gasteiger partial charge is 0.415 e. The van der Waals surface area contributed by atoms with Crippen molar-refractivity contribution in [1.82, 2.24) is 9.47 Å². The summed E-state index contributed by atoms with van der Waals surface area (Å²) in [4.78, 5) is 13.6. The summed E-state index contributed by atoms with van der Waals surface area (Å²) in [6.45, 7) is 5.09. The third-order valence-corrected chi connectivity index (χ3v) is 2.60. The molecule has 0 aliphatic rings. The molecular weight excluding hydrogens is 190 g/mol. The number of aromatic nitrogens is 2. The second kappa shape index (κ2) is 4.96. The average Bonchev–Trinajstić information content (AvgIpc) is 2.63. The molecular formula is C11H20N3O+. The second-order valence-electron chi connectivity index (χ2n) is 4.16. The fourth-order valence-electron chi connectivity index (χ4n) is 1.44. The lowest BCUT2D eigenvalue weighted by molar-refractivity contribution is -0.670. The van der Waals surface area contributed by atoms with Gasteiger partial charge in [-0.25, -0.2) is 9.36 Å². The van der Waals surface area contributed by atoms with Gasteiger partial charge in [0, 0.05) is 13.6 Å². The van der Waals surface area contributed by atoms with E-state index in [2.05, 4.69) is 13.8 Å². The van der Waals surface area contributed by atoms with E-state index in [1.54, 1.807) is 22.0 Å². The number of aryl methyl sites for hydroxylation is 1. The second-order valence-corrected chi connectivity index (χ2v) is 4.16. The number of rotatable bonds is 3. The van der Waals surface area contributed by atoms with Crippen LogP contribution in [-0.4, -0.2) is 29.1 Å². The number of imidazole rings is 1. The Kier molecular flexibility index (Phi) is 3.88. The van der Waals surface area contributed by atoms with Gasteiger partial charge in [0.15, 0.2) is 0 Å². The Morgan fingerprint density at radius 2 is 2.27 bits per heavy atom. The smallest absolute Gasteiger partial charge is 0.307 e. The summed E-state index contributed by atoms with van der Waals surface area (Å²) in [5.41, 5.74) is 0. The third kappa shape index (κ3) is 3.08. The summed E-state index contributed by atoms with van der Waals surface area (Å²) >= 11 is 0. The summed E-state index contributed by atoms with van der Waals surface area (Å²) in [6, 6.07) is 0.0240. The standard InChI is InChI=1S/C11H20N3O/c1-5-10(2)8-13(4)11(15)14-7-6-12(3)9-14/h6-7,9-10H,5,8H2,1-4H3/q+1. The van der Waals surface area contributed by atoms with Crippen LogP contribution in [0.3, 0.4) is 0 Å². The molecule has 4 nitrogen and oxygen atoms in total. The lowest BCUT2D eigenvalue weighted by atomic mass is 10.1. The maximum absolute atomic E-state index is 11.9. The minimum absolute atomic E-state index is 0.0240. The van der Waals surface area contributed by atoms with Crippen LogP contribution in [0.4, 0.5) is 4.79 Å². The molecule has 4 heteroatoms. The van der Waals surface area contributed by atoms with Crippen LogP contribution in [-0.2, 0) is 7.05 Å². The predicted octanol–water partition coefficient (Wildman–Crippen LogP) is 1.26. The monoisotopic (exact) mass is 210 g/mol. The molecule has 0 bridgehead atoms. The van der Waals surface area contributed by atoms with Crippen LogP contribution in [0.25, 0.3) is 0 Å². The van der Waals surface area contributed by atoms with Crippen LogP contribution in [0.1, 0.15) is 20.3 Å². The summed E-state index contributed by atoms with van der Waals surface area (Å²) in [7, 11) is 3.74. The van der Waals surface area contributed by atoms with Crippen LogP contribution < -0.4 is 4.57 Å². The van der Waals surface area contributed by atoms with E-state index in [0.717, 1.165) is 13.0 Å². The summed E-state index contributed by atoms with van der Waals surface area (Å²) in [5.74, 6) is 0.545. The number of amides is 1. The molecule has 0 spiro atoms. The normalized spacial score (nSPS) is 12.5. The fourth-order valence-corrected chi connectivity index (χ4v) is 1.44. The molecule has 0 aromatic carbocycles. The minimum atomic E-state index is 0.0240. The first-order valence-corrected chi connectivity index (χ1v) is 5.33. The third-order valence-electron chi connectivity index (χ3n) is 2.60. The molecule has 1 unspecified atom stereocenters. The maximum atomic E-state index is 11.9. The molecule has 15 heavy (non-hydrogen) atoms. The quantitative estimate of drug-likeness (QED) is 0.690. The molecule has 0 saturated heterocycles. The van der Waals surface area contributed by atoms with E-state index >= 15 is 0 Å². The Balaban J connectivity index is 2.60. The molecule has 0 aliphatic heterocycles. The van der Waals surface area contributed by atoms with Gasteiger partial charge >= 0.3 is 6.03 Å². The topological polar surface area (TPSA) is 29.1 Å². The zero-order valence-corrected chi connectivity index (χ0v) is 9.97. The molecule has 0 radical (unpaired) electrons. The van der Waals surface area contributed by atoms with Crippen molar-refractivity contribution in [3.63, 3.8) is 0 Å². The van der Waals surface area contributed by atoms with Gasteiger partial charge in [-0.1, -0.05) is 20.3 Å². The van der Waals surface area contributed by atoms with E-state index in [1.807, 2.05) is 24.9 Å². The molecule has 84 valence electrons. The first kappa shape index (κ1) is 11.8. The Hall–Kier alpha value is -1.32. The highest BCUT2D eigenvalue weighted by Gasteiger charge is 2.18. The summed E-state index contributed by atoms with van der Waals surface area (Å²) in [5, 5.41) is 0. The van der Waals surface area contributed by atoms with Crippen molar-refractivity contribution < 1.29 is 9.36 Å². The highest BCUT2D eigenvalue weighted by atomic mass is 16.2. The van der Waals surface area contributed by atoms with E-state index in [-0.39, 0.29) is 6.03 Å². The molecule has 1 rings (SSSR count). The average molecular weight is 210 g/mol. The number of nitrogens with zero attached hydrogens (tertiary/aromatic N) is 3. The zero-order valence-electron chi connectivity index (χ0n) is 9.97. The van der Waals surface area contributed by atoms with Crippen LogP contribution in [0.5, 0.6) is 0 Å². The minimum Gasteiger partial charge on any atom is -0.307 e. The van der Waals surface area contributed by atoms with Crippen LogP contribution in [0.2, 0.25) is 0 Å². The van der Waals surface area contributed by atoms with Crippen molar-refractivity contribution in [3.05, 3.63) is 18.7 Å². The highest BCUT2D eigenvalue weighted by Crippen LogP contribution is 2.03. The predicted molar refractivity (Wildman–Crippen MR) is 58.5 cm³/mol. The van der Waals surface area contributed by atoms with Crippen LogP contribution >= 0.6 is 0 Å². The van der Waals surface area contributed by atoms with E-state index in [9.17, 15) is 4.79 Å². The van der Waals surface area contributed by atoms with Gasteiger partial charge in [0.25, 0.3) is 6.33 Å². The molecule has 0 fully saturated rings.